The molecule has 0 heterocycles. The molecule has 3 N–H and O–H groups in total. The van der Waals surface area contributed by atoms with E-state index in [0.29, 0.717) is 25.9 Å². The molecule has 6 nitrogen and oxygen atoms in total. The maximum atomic E-state index is 11.4. The van der Waals surface area contributed by atoms with Gasteiger partial charge in [-0.25, -0.2) is 4.79 Å². The average Bonchev–Trinajstić information content (AvgIpc) is 2.48. The summed E-state index contributed by atoms with van der Waals surface area (Å²) in [6.45, 7) is 3.29. The number of aliphatic hydroxyl groups is 1. The number of carboxylic acids is 1. The molecular weight excluding hydrogens is 319 g/mol. The number of hydrogen-bond donors (Lipinski definition) is 2. The van der Waals surface area contributed by atoms with Gasteiger partial charge in [-0.1, -0.05) is 39.0 Å². The van der Waals surface area contributed by atoms with Crippen molar-refractivity contribution in [1.29, 1.82) is 0 Å². The van der Waals surface area contributed by atoms with E-state index in [0.717, 1.165) is 51.4 Å². The number of nitrogens with zero attached hydrogens (tertiary/aromatic N) is 1. The third kappa shape index (κ3) is 16.6. The first-order valence-corrected chi connectivity index (χ1v) is 8.89. The molecule has 0 rings (SSSR count). The van der Waals surface area contributed by atoms with Gasteiger partial charge in [0.2, 0.25) is 0 Å². The Kier molecular flexibility index (Phi) is 18.9. The summed E-state index contributed by atoms with van der Waals surface area (Å²) in [6, 6.07) is -0.430. The third-order valence-corrected chi connectivity index (χ3v) is 3.98. The van der Waals surface area contributed by atoms with Crippen LogP contribution >= 0.6 is 0 Å². The number of aliphatic hydroxyl groups excluding tert-OH is 1. The predicted octanol–water partition coefficient (Wildman–Crippen LogP) is -1.21. The van der Waals surface area contributed by atoms with E-state index in [1.54, 1.807) is 4.90 Å². The predicted molar refractivity (Wildman–Crippen MR) is 88.6 cm³/mol. The molecule has 0 aromatic rings. The Balaban J connectivity index is 0. The number of primary amides is 1. The molecule has 0 aromatic carbocycles. The zero-order valence-electron chi connectivity index (χ0n) is 15.5. The van der Waals surface area contributed by atoms with E-state index >= 15 is 0 Å². The van der Waals surface area contributed by atoms with Crippen LogP contribution in [0.3, 0.4) is 0 Å². The topological polar surface area (TPSA) is 107 Å². The van der Waals surface area contributed by atoms with E-state index in [2.05, 4.69) is 6.92 Å². The Labute approximate surface area is 168 Å². The SMILES string of the molecule is CCCCCC(O)CCCN(CCCCCCC(=O)[O-])C(N)=O.[Na+]. The Morgan fingerprint density at radius 2 is 1.58 bits per heavy atom. The number of urea groups is 1. The molecule has 7 heteroatoms. The molecule has 0 aliphatic rings. The molecule has 24 heavy (non-hydrogen) atoms. The number of carbonyl (C=O) groups is 2. The number of carbonyl (C=O) groups excluding carboxylic acids is 2. The molecule has 2 amide bonds. The van der Waals surface area contributed by atoms with Crippen molar-refractivity contribution in [3.8, 4) is 0 Å². The smallest absolute Gasteiger partial charge is 0.550 e. The molecule has 0 radical (unpaired) electrons. The van der Waals surface area contributed by atoms with Crippen molar-refractivity contribution >= 4 is 12.0 Å². The van der Waals surface area contributed by atoms with Gasteiger partial charge in [0.05, 0.1) is 6.10 Å². The fourth-order valence-corrected chi connectivity index (χ4v) is 2.55. The second kappa shape index (κ2) is 17.5. The summed E-state index contributed by atoms with van der Waals surface area (Å²) < 4.78 is 0. The van der Waals surface area contributed by atoms with E-state index in [1.807, 2.05) is 0 Å². The van der Waals surface area contributed by atoms with Crippen molar-refractivity contribution in [3.05, 3.63) is 0 Å². The zero-order chi connectivity index (χ0) is 17.5. The van der Waals surface area contributed by atoms with Crippen LogP contribution in [-0.2, 0) is 4.79 Å². The van der Waals surface area contributed by atoms with Crippen molar-refractivity contribution in [1.82, 2.24) is 4.90 Å². The number of aliphatic carboxylic acids is 1. The van der Waals surface area contributed by atoms with Gasteiger partial charge in [-0.05, 0) is 38.5 Å². The van der Waals surface area contributed by atoms with Crippen LogP contribution in [0.4, 0.5) is 4.79 Å². The van der Waals surface area contributed by atoms with Crippen molar-refractivity contribution in [2.24, 2.45) is 5.73 Å². The van der Waals surface area contributed by atoms with E-state index in [9.17, 15) is 19.8 Å². The van der Waals surface area contributed by atoms with E-state index < -0.39 is 12.0 Å². The number of hydrogen-bond acceptors (Lipinski definition) is 4. The number of unbranched alkanes of at least 4 members (excludes halogenated alkanes) is 5. The summed E-state index contributed by atoms with van der Waals surface area (Å²) in [5.41, 5.74) is 5.37. The fraction of sp³-hybridized carbons (Fsp3) is 0.882. The van der Waals surface area contributed by atoms with Crippen molar-refractivity contribution in [2.45, 2.75) is 83.7 Å². The number of rotatable bonds is 15. The van der Waals surface area contributed by atoms with Gasteiger partial charge in [-0.15, -0.1) is 0 Å². The van der Waals surface area contributed by atoms with Gasteiger partial charge in [-0.2, -0.15) is 0 Å². The molecular formula is C17H33N2NaO4. The normalized spacial score (nSPS) is 11.6. The third-order valence-electron chi connectivity index (χ3n) is 3.98. The van der Waals surface area contributed by atoms with Crippen molar-refractivity contribution in [2.75, 3.05) is 13.1 Å². The van der Waals surface area contributed by atoms with Gasteiger partial charge in [0, 0.05) is 19.1 Å². The van der Waals surface area contributed by atoms with Gasteiger partial charge < -0.3 is 25.6 Å². The minimum atomic E-state index is -1.01. The minimum Gasteiger partial charge on any atom is -0.550 e. The molecule has 0 spiro atoms. The Morgan fingerprint density at radius 3 is 2.17 bits per heavy atom. The first-order chi connectivity index (χ1) is 11.0. The molecule has 1 unspecified atom stereocenters. The molecule has 0 aliphatic carbocycles. The minimum absolute atomic E-state index is 0. The van der Waals surface area contributed by atoms with Crippen LogP contribution < -0.4 is 40.4 Å². The second-order valence-corrected chi connectivity index (χ2v) is 6.15. The molecule has 0 aliphatic heterocycles. The molecule has 0 saturated carbocycles. The Bertz CT molecular complexity index is 330. The molecule has 0 fully saturated rings. The summed E-state index contributed by atoms with van der Waals surface area (Å²) in [7, 11) is 0. The van der Waals surface area contributed by atoms with Gasteiger partial charge in [0.15, 0.2) is 0 Å². The maximum Gasteiger partial charge on any atom is 1.00 e. The first kappa shape index (κ1) is 25.9. The van der Waals surface area contributed by atoms with Gasteiger partial charge in [-0.3, -0.25) is 0 Å². The van der Waals surface area contributed by atoms with Gasteiger partial charge in [0.25, 0.3) is 0 Å². The summed E-state index contributed by atoms with van der Waals surface area (Å²) in [5, 5.41) is 20.1. The fourth-order valence-electron chi connectivity index (χ4n) is 2.55. The number of carboxylic acid groups (broad SMARTS) is 1. The van der Waals surface area contributed by atoms with Crippen LogP contribution in [-0.4, -0.2) is 41.2 Å². The van der Waals surface area contributed by atoms with Crippen LogP contribution in [0.25, 0.3) is 0 Å². The van der Waals surface area contributed by atoms with Crippen LogP contribution in [0.1, 0.15) is 77.6 Å². The second-order valence-electron chi connectivity index (χ2n) is 6.15. The Morgan fingerprint density at radius 1 is 1.00 bits per heavy atom. The summed E-state index contributed by atoms with van der Waals surface area (Å²) in [5.74, 6) is -1.01. The van der Waals surface area contributed by atoms with Gasteiger partial charge in [0.1, 0.15) is 0 Å². The van der Waals surface area contributed by atoms with Crippen LogP contribution in [0, 0.1) is 0 Å². The molecule has 0 bridgehead atoms. The van der Waals surface area contributed by atoms with Gasteiger partial charge >= 0.3 is 35.6 Å². The molecule has 136 valence electrons. The zero-order valence-corrected chi connectivity index (χ0v) is 17.5. The van der Waals surface area contributed by atoms with E-state index in [1.165, 1.54) is 0 Å². The van der Waals surface area contributed by atoms with E-state index in [-0.39, 0.29) is 42.1 Å². The number of nitrogens with two attached hydrogens (primary N) is 1. The quantitative estimate of drug-likeness (QED) is 0.285. The summed E-state index contributed by atoms with van der Waals surface area (Å²) >= 11 is 0. The maximum absolute atomic E-state index is 11.4. The summed E-state index contributed by atoms with van der Waals surface area (Å²) in [6.07, 6.45) is 8.51. The first-order valence-electron chi connectivity index (χ1n) is 8.89. The molecule has 0 saturated heterocycles. The standard InChI is InChI=1S/C17H34N2O4.Na/c1-2-3-6-10-15(20)11-9-14-19(17(18)23)13-8-5-4-7-12-16(21)22;/h15,20H,2-14H2,1H3,(H2,18,23)(H,21,22);/q;+1/p-1. The number of amides is 2. The Hall–Kier alpha value is -0.300. The van der Waals surface area contributed by atoms with Crippen LogP contribution in [0.5, 0.6) is 0 Å². The monoisotopic (exact) mass is 352 g/mol. The molecule has 1 atom stereocenters. The average molecular weight is 352 g/mol. The van der Waals surface area contributed by atoms with Crippen molar-refractivity contribution in [3.63, 3.8) is 0 Å². The largest absolute Gasteiger partial charge is 1.00 e. The van der Waals surface area contributed by atoms with Crippen molar-refractivity contribution < 1.29 is 49.4 Å². The summed E-state index contributed by atoms with van der Waals surface area (Å²) in [4.78, 5) is 23.3. The van der Waals surface area contributed by atoms with Crippen LogP contribution in [0.15, 0.2) is 0 Å². The van der Waals surface area contributed by atoms with E-state index in [4.69, 9.17) is 5.73 Å². The molecule has 0 aromatic heterocycles. The van der Waals surface area contributed by atoms with Crippen LogP contribution in [0.2, 0.25) is 0 Å².